The number of nitrogens with zero attached hydrogens (tertiary/aromatic N) is 3. The minimum absolute atomic E-state index is 0.249. The van der Waals surface area contributed by atoms with Gasteiger partial charge in [0.1, 0.15) is 15.5 Å². The van der Waals surface area contributed by atoms with Crippen molar-refractivity contribution in [1.82, 2.24) is 14.2 Å². The van der Waals surface area contributed by atoms with Crippen LogP contribution in [0.25, 0.3) is 10.2 Å². The Morgan fingerprint density at radius 2 is 2.08 bits per heavy atom. The third-order valence-corrected chi connectivity index (χ3v) is 5.35. The lowest BCUT2D eigenvalue weighted by Crippen LogP contribution is -2.38. The van der Waals surface area contributed by atoms with Crippen LogP contribution in [0.3, 0.4) is 0 Å². The fourth-order valence-corrected chi connectivity index (χ4v) is 4.19. The minimum atomic E-state index is -0.265. The highest BCUT2D eigenvalue weighted by Gasteiger charge is 2.17. The van der Waals surface area contributed by atoms with E-state index in [0.29, 0.717) is 29.3 Å². The molecule has 0 aliphatic rings. The molecule has 0 saturated heterocycles. The van der Waals surface area contributed by atoms with Crippen molar-refractivity contribution in [1.29, 1.82) is 0 Å². The van der Waals surface area contributed by atoms with Gasteiger partial charge in [-0.3, -0.25) is 13.9 Å². The molecule has 0 saturated carbocycles. The van der Waals surface area contributed by atoms with Gasteiger partial charge in [-0.05, 0) is 12.0 Å². The zero-order chi connectivity index (χ0) is 17.6. The van der Waals surface area contributed by atoms with E-state index < -0.39 is 0 Å². The second kappa shape index (κ2) is 6.22. The van der Waals surface area contributed by atoms with Crippen molar-refractivity contribution in [2.75, 3.05) is 0 Å². The van der Waals surface area contributed by atoms with E-state index in [0.717, 1.165) is 15.4 Å². The van der Waals surface area contributed by atoms with Gasteiger partial charge in [0.15, 0.2) is 7.05 Å². The molecule has 0 aliphatic carbocycles. The van der Waals surface area contributed by atoms with E-state index in [1.807, 2.05) is 13.1 Å². The first-order chi connectivity index (χ1) is 11.3. The van der Waals surface area contributed by atoms with E-state index in [1.165, 1.54) is 23.0 Å². The fraction of sp³-hybridized carbons (Fsp3) is 0.438. The second-order valence-corrected chi connectivity index (χ2v) is 7.96. The lowest BCUT2D eigenvalue weighted by molar-refractivity contribution is -0.727. The molecule has 0 fully saturated rings. The van der Waals surface area contributed by atoms with Crippen LogP contribution in [0, 0.1) is 5.92 Å². The fourth-order valence-electron chi connectivity index (χ4n) is 2.78. The number of fused-ring (bicyclic) bond motifs is 1. The van der Waals surface area contributed by atoms with Gasteiger partial charge in [-0.2, -0.15) is 5.10 Å². The zero-order valence-electron chi connectivity index (χ0n) is 14.1. The summed E-state index contributed by atoms with van der Waals surface area (Å²) < 4.78 is 4.67. The van der Waals surface area contributed by atoms with Crippen molar-refractivity contribution in [3.05, 3.63) is 48.7 Å². The summed E-state index contributed by atoms with van der Waals surface area (Å²) >= 11 is 7.68. The lowest BCUT2D eigenvalue weighted by atomic mass is 10.2. The number of thiophene rings is 1. The van der Waals surface area contributed by atoms with Crippen molar-refractivity contribution >= 4 is 33.2 Å². The van der Waals surface area contributed by atoms with Gasteiger partial charge in [-0.25, -0.2) is 4.79 Å². The summed E-state index contributed by atoms with van der Waals surface area (Å²) in [5.41, 5.74) is 0.375. The van der Waals surface area contributed by atoms with Crippen LogP contribution in [0.4, 0.5) is 0 Å². The van der Waals surface area contributed by atoms with Crippen LogP contribution in [0.5, 0.6) is 0 Å². The van der Waals surface area contributed by atoms with Crippen LogP contribution in [0.1, 0.15) is 24.4 Å². The summed E-state index contributed by atoms with van der Waals surface area (Å²) in [6.07, 6.45) is 2.40. The molecule has 0 radical (unpaired) electrons. The summed E-state index contributed by atoms with van der Waals surface area (Å²) in [4.78, 5) is 26.6. The number of nitrogens with one attached hydrogen (secondary N) is 1. The smallest absolute Gasteiger partial charge is 0.284 e. The molecule has 0 atom stereocenters. The van der Waals surface area contributed by atoms with Gasteiger partial charge in [0.25, 0.3) is 5.56 Å². The molecule has 3 aromatic heterocycles. The monoisotopic (exact) mass is 367 g/mol. The number of rotatable bonds is 4. The standard InChI is InChI=1S/C16H19ClN4O2S/c1-9(2)7-21-15-11(14(22)20(4)16(21)23)5-10(24-15)6-13-12(17)8-19(3)18-13/h5,8-9H,6-7H2,1-4H3/p+1. The van der Waals surface area contributed by atoms with Crippen LogP contribution in [0.2, 0.25) is 5.02 Å². The maximum Gasteiger partial charge on any atom is 0.331 e. The van der Waals surface area contributed by atoms with Crippen molar-refractivity contribution < 1.29 is 4.68 Å². The molecule has 0 aliphatic heterocycles. The van der Waals surface area contributed by atoms with Gasteiger partial charge in [0, 0.05) is 24.9 Å². The molecular weight excluding hydrogens is 348 g/mol. The van der Waals surface area contributed by atoms with E-state index in [9.17, 15) is 9.59 Å². The molecule has 3 rings (SSSR count). The largest absolute Gasteiger partial charge is 0.331 e. The molecule has 0 amide bonds. The first-order valence-electron chi connectivity index (χ1n) is 7.73. The Kier molecular flexibility index (Phi) is 4.40. The maximum atomic E-state index is 12.5. The van der Waals surface area contributed by atoms with E-state index in [4.69, 9.17) is 11.6 Å². The second-order valence-electron chi connectivity index (χ2n) is 6.44. The number of hydrogen-bond acceptors (Lipinski definition) is 3. The Morgan fingerprint density at radius 3 is 2.67 bits per heavy atom. The first kappa shape index (κ1) is 17.0. The minimum Gasteiger partial charge on any atom is -0.284 e. The van der Waals surface area contributed by atoms with E-state index in [1.54, 1.807) is 15.4 Å². The highest BCUT2D eigenvalue weighted by atomic mass is 35.5. The van der Waals surface area contributed by atoms with E-state index in [2.05, 4.69) is 18.9 Å². The Hall–Kier alpha value is -1.86. The van der Waals surface area contributed by atoms with Crippen molar-refractivity contribution in [3.63, 3.8) is 0 Å². The normalized spacial score (nSPS) is 11.8. The van der Waals surface area contributed by atoms with Gasteiger partial charge >= 0.3 is 5.69 Å². The third-order valence-electron chi connectivity index (χ3n) is 3.87. The molecule has 6 nitrogen and oxygen atoms in total. The van der Waals surface area contributed by atoms with Gasteiger partial charge in [-0.1, -0.05) is 25.4 Å². The average molecular weight is 368 g/mol. The summed E-state index contributed by atoms with van der Waals surface area (Å²) in [6, 6.07) is 1.87. The lowest BCUT2D eigenvalue weighted by Gasteiger charge is -2.11. The van der Waals surface area contributed by atoms with Crippen LogP contribution in [-0.4, -0.2) is 14.2 Å². The van der Waals surface area contributed by atoms with Crippen molar-refractivity contribution in [2.24, 2.45) is 20.0 Å². The van der Waals surface area contributed by atoms with Gasteiger partial charge < -0.3 is 0 Å². The van der Waals surface area contributed by atoms with E-state index in [-0.39, 0.29) is 11.2 Å². The predicted molar refractivity (Wildman–Crippen MR) is 95.9 cm³/mol. The summed E-state index contributed by atoms with van der Waals surface area (Å²) in [6.45, 7) is 4.69. The zero-order valence-corrected chi connectivity index (χ0v) is 15.7. The molecule has 0 spiro atoms. The summed E-state index contributed by atoms with van der Waals surface area (Å²) in [7, 11) is 3.40. The third kappa shape index (κ3) is 2.93. The summed E-state index contributed by atoms with van der Waals surface area (Å²) in [5, 5.41) is 4.40. The van der Waals surface area contributed by atoms with Crippen LogP contribution in [0.15, 0.2) is 21.9 Å². The quantitative estimate of drug-likeness (QED) is 0.715. The Bertz CT molecular complexity index is 1030. The Balaban J connectivity index is 2.16. The van der Waals surface area contributed by atoms with E-state index >= 15 is 0 Å². The van der Waals surface area contributed by atoms with Crippen LogP contribution in [-0.2, 0) is 27.1 Å². The summed E-state index contributed by atoms with van der Waals surface area (Å²) in [5.74, 6) is 0.311. The molecule has 128 valence electrons. The highest BCUT2D eigenvalue weighted by Crippen LogP contribution is 2.26. The molecule has 24 heavy (non-hydrogen) atoms. The van der Waals surface area contributed by atoms with Crippen molar-refractivity contribution in [3.8, 4) is 0 Å². The molecule has 0 bridgehead atoms. The van der Waals surface area contributed by atoms with Crippen molar-refractivity contribution in [2.45, 2.75) is 26.8 Å². The number of aryl methyl sites for hydroxylation is 1. The van der Waals surface area contributed by atoms with Gasteiger partial charge in [0.2, 0.25) is 6.20 Å². The van der Waals surface area contributed by atoms with Gasteiger partial charge in [0.05, 0.1) is 5.39 Å². The number of aromatic nitrogens is 4. The molecule has 8 heteroatoms. The Labute approximate surface area is 147 Å². The van der Waals surface area contributed by atoms with Gasteiger partial charge in [-0.15, -0.1) is 16.0 Å². The predicted octanol–water partition coefficient (Wildman–Crippen LogP) is 1.81. The molecular formula is C16H20ClN4O2S+. The molecule has 0 unspecified atom stereocenters. The van der Waals surface area contributed by atoms with Crippen LogP contribution >= 0.6 is 22.9 Å². The topological polar surface area (TPSA) is 63.7 Å². The SMILES string of the molecule is CC(C)Cn1c(=O)n(C)c(=O)c2cc(Cc3[nH][n+](C)cc3Cl)sc21. The highest BCUT2D eigenvalue weighted by molar-refractivity contribution is 7.18. The number of H-pyrrole nitrogens is 1. The number of aromatic amines is 1. The van der Waals surface area contributed by atoms with Crippen LogP contribution < -0.4 is 15.9 Å². The first-order valence-corrected chi connectivity index (χ1v) is 8.92. The molecule has 1 N–H and O–H groups in total. The molecule has 0 aromatic carbocycles. The number of halogens is 1. The Morgan fingerprint density at radius 1 is 1.38 bits per heavy atom. The molecule has 3 aromatic rings. The maximum absolute atomic E-state index is 12.5. The number of hydrogen-bond donors (Lipinski definition) is 1. The molecule has 3 heterocycles. The average Bonchev–Trinajstić information content (AvgIpc) is 3.05.